The monoisotopic (exact) mass is 464 g/mol. The van der Waals surface area contributed by atoms with Crippen LogP contribution in [0.3, 0.4) is 0 Å². The maximum absolute atomic E-state index is 16.2. The molecule has 1 aliphatic heterocycles. The molecule has 0 radical (unpaired) electrons. The second-order valence-corrected chi connectivity index (χ2v) is 9.00. The van der Waals surface area contributed by atoms with Crippen LogP contribution in [0.4, 0.5) is 4.39 Å². The van der Waals surface area contributed by atoms with Gasteiger partial charge in [-0.1, -0.05) is 37.3 Å². The minimum atomic E-state index is -1.54. The number of nitrogens with zero attached hydrogens (tertiary/aromatic N) is 2. The molecule has 4 rings (SSSR count). The second-order valence-electron chi connectivity index (χ2n) is 9.00. The number of fused-ring (bicyclic) bond motifs is 1. The molecule has 6 heteroatoms. The molecule has 0 spiro atoms. The standard InChI is InChI=1S/C28H33FN2O3/c1-4-26(32)31-14-11-28(29,12-15-31)27(34-17-16-33-3)22-9-7-21(8-10-22)24-19-25-23(18-20(24)2)6-5-13-30-25/h5-10,13,18-19,27H,4,11-12,14-17H2,1-3H3. The van der Waals surface area contributed by atoms with Gasteiger partial charge in [0.25, 0.3) is 0 Å². The lowest BCUT2D eigenvalue weighted by atomic mass is 9.83. The normalized spacial score (nSPS) is 16.5. The summed E-state index contributed by atoms with van der Waals surface area (Å²) >= 11 is 0. The molecule has 1 aromatic heterocycles. The van der Waals surface area contributed by atoms with E-state index in [1.54, 1.807) is 18.2 Å². The number of ether oxygens (including phenoxy) is 2. The van der Waals surface area contributed by atoms with Crippen molar-refractivity contribution in [1.82, 2.24) is 9.88 Å². The number of methoxy groups -OCH3 is 1. The number of aromatic nitrogens is 1. The molecule has 0 bridgehead atoms. The Morgan fingerprint density at radius 2 is 1.88 bits per heavy atom. The summed E-state index contributed by atoms with van der Waals surface area (Å²) in [5.74, 6) is 0.0727. The van der Waals surface area contributed by atoms with E-state index in [0.717, 1.165) is 33.2 Å². The highest BCUT2D eigenvalue weighted by Crippen LogP contribution is 2.42. The Hall–Kier alpha value is -2.83. The van der Waals surface area contributed by atoms with Crippen LogP contribution in [0.5, 0.6) is 0 Å². The summed E-state index contributed by atoms with van der Waals surface area (Å²) in [6.07, 6.45) is 2.04. The molecule has 5 nitrogen and oxygen atoms in total. The molecule has 3 aromatic rings. The molecule has 34 heavy (non-hydrogen) atoms. The van der Waals surface area contributed by atoms with Crippen molar-refractivity contribution in [3.63, 3.8) is 0 Å². The Bertz CT molecular complexity index is 1120. The average Bonchev–Trinajstić information content (AvgIpc) is 2.86. The molecule has 1 fully saturated rings. The fourth-order valence-electron chi connectivity index (χ4n) is 4.79. The van der Waals surface area contributed by atoms with Gasteiger partial charge in [0.1, 0.15) is 11.8 Å². The van der Waals surface area contributed by atoms with Crippen LogP contribution in [0.2, 0.25) is 0 Å². The van der Waals surface area contributed by atoms with Crippen molar-refractivity contribution in [3.8, 4) is 11.1 Å². The van der Waals surface area contributed by atoms with Gasteiger partial charge in [-0.05, 0) is 47.4 Å². The van der Waals surface area contributed by atoms with Crippen molar-refractivity contribution < 1.29 is 18.7 Å². The van der Waals surface area contributed by atoms with E-state index in [1.165, 1.54) is 0 Å². The number of hydrogen-bond donors (Lipinski definition) is 0. The summed E-state index contributed by atoms with van der Waals surface area (Å²) in [7, 11) is 1.61. The van der Waals surface area contributed by atoms with Crippen LogP contribution in [0, 0.1) is 6.92 Å². The summed E-state index contributed by atoms with van der Waals surface area (Å²) in [5.41, 5.74) is 3.54. The molecule has 1 unspecified atom stereocenters. The van der Waals surface area contributed by atoms with Crippen molar-refractivity contribution in [1.29, 1.82) is 0 Å². The van der Waals surface area contributed by atoms with Crippen LogP contribution >= 0.6 is 0 Å². The molecule has 1 amide bonds. The van der Waals surface area contributed by atoms with E-state index in [0.29, 0.717) is 32.7 Å². The zero-order valence-electron chi connectivity index (χ0n) is 20.2. The summed E-state index contributed by atoms with van der Waals surface area (Å²) in [4.78, 5) is 18.3. The lowest BCUT2D eigenvalue weighted by Gasteiger charge is -2.41. The SMILES string of the molecule is CCC(=O)N1CCC(F)(C(OCCOC)c2ccc(-c3cc4ncccc4cc3C)cc2)CC1. The fourth-order valence-corrected chi connectivity index (χ4v) is 4.79. The first-order valence-electron chi connectivity index (χ1n) is 12.0. The van der Waals surface area contributed by atoms with Gasteiger partial charge in [-0.2, -0.15) is 0 Å². The van der Waals surface area contributed by atoms with Crippen LogP contribution in [0.15, 0.2) is 54.7 Å². The Kier molecular flexibility index (Phi) is 7.59. The maximum atomic E-state index is 16.2. The minimum Gasteiger partial charge on any atom is -0.382 e. The van der Waals surface area contributed by atoms with Gasteiger partial charge in [-0.15, -0.1) is 0 Å². The Labute approximate surface area is 200 Å². The van der Waals surface area contributed by atoms with E-state index in [-0.39, 0.29) is 18.7 Å². The second kappa shape index (κ2) is 10.6. The molecule has 0 saturated carbocycles. The summed E-state index contributed by atoms with van der Waals surface area (Å²) in [6, 6.07) is 16.2. The zero-order chi connectivity index (χ0) is 24.1. The molecule has 1 saturated heterocycles. The molecular formula is C28H33FN2O3. The number of carbonyl (C=O) groups is 1. The van der Waals surface area contributed by atoms with Gasteiger partial charge in [0.05, 0.1) is 18.7 Å². The van der Waals surface area contributed by atoms with E-state index in [4.69, 9.17) is 9.47 Å². The highest BCUT2D eigenvalue weighted by Gasteiger charge is 2.44. The van der Waals surface area contributed by atoms with Gasteiger partial charge in [0.2, 0.25) is 5.91 Å². The highest BCUT2D eigenvalue weighted by molar-refractivity contribution is 5.86. The first-order valence-corrected chi connectivity index (χ1v) is 12.0. The third-order valence-electron chi connectivity index (χ3n) is 6.77. The minimum absolute atomic E-state index is 0.0727. The molecule has 0 aliphatic carbocycles. The van der Waals surface area contributed by atoms with E-state index >= 15 is 4.39 Å². The zero-order valence-corrected chi connectivity index (χ0v) is 20.2. The predicted octanol–water partition coefficient (Wildman–Crippen LogP) is 5.66. The van der Waals surface area contributed by atoms with Gasteiger partial charge >= 0.3 is 0 Å². The highest BCUT2D eigenvalue weighted by atomic mass is 19.1. The summed E-state index contributed by atoms with van der Waals surface area (Å²) < 4.78 is 27.4. The molecule has 2 aromatic carbocycles. The predicted molar refractivity (Wildman–Crippen MR) is 132 cm³/mol. The van der Waals surface area contributed by atoms with Crippen LogP contribution in [0.1, 0.15) is 43.4 Å². The van der Waals surface area contributed by atoms with Crippen LogP contribution in [0.25, 0.3) is 22.0 Å². The number of aryl methyl sites for hydroxylation is 1. The first-order chi connectivity index (χ1) is 16.4. The molecule has 2 heterocycles. The average molecular weight is 465 g/mol. The quantitative estimate of drug-likeness (QED) is 0.404. The van der Waals surface area contributed by atoms with Crippen molar-refractivity contribution in [2.24, 2.45) is 0 Å². The lowest BCUT2D eigenvalue weighted by Crippen LogP contribution is -2.47. The van der Waals surface area contributed by atoms with Crippen LogP contribution < -0.4 is 0 Å². The molecule has 0 N–H and O–H groups in total. The number of benzene rings is 2. The lowest BCUT2D eigenvalue weighted by molar-refractivity contribution is -0.138. The van der Waals surface area contributed by atoms with Crippen molar-refractivity contribution in [2.75, 3.05) is 33.4 Å². The smallest absolute Gasteiger partial charge is 0.222 e. The van der Waals surface area contributed by atoms with Crippen LogP contribution in [-0.4, -0.2) is 54.9 Å². The Balaban J connectivity index is 1.59. The van der Waals surface area contributed by atoms with Gasteiger partial charge < -0.3 is 14.4 Å². The number of amides is 1. The van der Waals surface area contributed by atoms with Gasteiger partial charge in [0, 0.05) is 51.0 Å². The van der Waals surface area contributed by atoms with Gasteiger partial charge in [-0.25, -0.2) is 4.39 Å². The van der Waals surface area contributed by atoms with E-state index in [9.17, 15) is 4.79 Å². The summed E-state index contributed by atoms with van der Waals surface area (Å²) in [5, 5.41) is 1.11. The number of carbonyl (C=O) groups excluding carboxylic acids is 1. The largest absolute Gasteiger partial charge is 0.382 e. The number of alkyl halides is 1. The number of pyridine rings is 1. The number of hydrogen-bond acceptors (Lipinski definition) is 4. The Morgan fingerprint density at radius 1 is 1.15 bits per heavy atom. The fraction of sp³-hybridized carbons (Fsp3) is 0.429. The van der Waals surface area contributed by atoms with Crippen molar-refractivity contribution >= 4 is 16.8 Å². The third-order valence-corrected chi connectivity index (χ3v) is 6.77. The molecule has 180 valence electrons. The first kappa shape index (κ1) is 24.3. The van der Waals surface area contributed by atoms with Gasteiger partial charge in [0.15, 0.2) is 0 Å². The number of rotatable bonds is 8. The number of likely N-dealkylation sites (tertiary alicyclic amines) is 1. The van der Waals surface area contributed by atoms with E-state index < -0.39 is 11.8 Å². The van der Waals surface area contributed by atoms with Crippen LogP contribution in [-0.2, 0) is 14.3 Å². The van der Waals surface area contributed by atoms with Crippen molar-refractivity contribution in [2.45, 2.75) is 44.9 Å². The van der Waals surface area contributed by atoms with Crippen molar-refractivity contribution in [3.05, 3.63) is 65.9 Å². The van der Waals surface area contributed by atoms with E-state index in [2.05, 4.69) is 30.1 Å². The number of piperidine rings is 1. The number of halogens is 1. The Morgan fingerprint density at radius 3 is 2.56 bits per heavy atom. The van der Waals surface area contributed by atoms with Gasteiger partial charge in [-0.3, -0.25) is 9.78 Å². The molecular weight excluding hydrogens is 431 g/mol. The molecule has 1 atom stereocenters. The topological polar surface area (TPSA) is 51.7 Å². The van der Waals surface area contributed by atoms with E-state index in [1.807, 2.05) is 37.3 Å². The third kappa shape index (κ3) is 5.13. The molecule has 1 aliphatic rings. The summed E-state index contributed by atoms with van der Waals surface area (Å²) in [6.45, 7) is 5.46. The maximum Gasteiger partial charge on any atom is 0.222 e.